The van der Waals surface area contributed by atoms with Gasteiger partial charge in [0.2, 0.25) is 0 Å². The zero-order valence-electron chi connectivity index (χ0n) is 7.51. The third kappa shape index (κ3) is 1.66. The SMILES string of the molecule is Cn1cc(C(N)c2sccc2Cl)nn1. The average molecular weight is 229 g/mol. The number of aryl methyl sites for hydroxylation is 1. The molecule has 0 radical (unpaired) electrons. The fraction of sp³-hybridized carbons (Fsp3) is 0.250. The Balaban J connectivity index is 2.33. The molecular weight excluding hydrogens is 220 g/mol. The van der Waals surface area contributed by atoms with Gasteiger partial charge in [0.15, 0.2) is 0 Å². The minimum atomic E-state index is -0.281. The van der Waals surface area contributed by atoms with E-state index >= 15 is 0 Å². The summed E-state index contributed by atoms with van der Waals surface area (Å²) < 4.78 is 1.62. The van der Waals surface area contributed by atoms with Crippen molar-refractivity contribution in [1.29, 1.82) is 0 Å². The second-order valence-corrected chi connectivity index (χ2v) is 4.28. The molecule has 0 bridgehead atoms. The van der Waals surface area contributed by atoms with Crippen LogP contribution in [0, 0.1) is 0 Å². The van der Waals surface area contributed by atoms with Crippen LogP contribution < -0.4 is 5.73 Å². The molecule has 0 saturated heterocycles. The fourth-order valence-corrected chi connectivity index (χ4v) is 2.36. The smallest absolute Gasteiger partial charge is 0.105 e. The number of nitrogens with two attached hydrogens (primary N) is 1. The summed E-state index contributed by atoms with van der Waals surface area (Å²) in [4.78, 5) is 0.923. The first-order valence-corrected chi connectivity index (χ1v) is 5.29. The number of thiophene rings is 1. The van der Waals surface area contributed by atoms with Crippen molar-refractivity contribution in [1.82, 2.24) is 15.0 Å². The molecule has 0 amide bonds. The summed E-state index contributed by atoms with van der Waals surface area (Å²) in [7, 11) is 1.80. The third-order valence-corrected chi connectivity index (χ3v) is 3.31. The Kier molecular flexibility index (Phi) is 2.54. The molecule has 1 unspecified atom stereocenters. The lowest BCUT2D eigenvalue weighted by atomic mass is 10.2. The van der Waals surface area contributed by atoms with Crippen LogP contribution in [0.5, 0.6) is 0 Å². The Hall–Kier alpha value is -0.910. The molecule has 14 heavy (non-hydrogen) atoms. The summed E-state index contributed by atoms with van der Waals surface area (Å²) in [6.45, 7) is 0. The van der Waals surface area contributed by atoms with E-state index in [0.717, 1.165) is 10.6 Å². The number of hydrogen-bond acceptors (Lipinski definition) is 4. The number of rotatable bonds is 2. The topological polar surface area (TPSA) is 56.7 Å². The highest BCUT2D eigenvalue weighted by Gasteiger charge is 2.16. The van der Waals surface area contributed by atoms with Crippen molar-refractivity contribution in [3.05, 3.63) is 33.2 Å². The van der Waals surface area contributed by atoms with Gasteiger partial charge in [0.05, 0.1) is 17.3 Å². The first-order valence-electron chi connectivity index (χ1n) is 4.03. The monoisotopic (exact) mass is 228 g/mol. The van der Waals surface area contributed by atoms with E-state index in [2.05, 4.69) is 10.3 Å². The first-order chi connectivity index (χ1) is 6.68. The van der Waals surface area contributed by atoms with Crippen LogP contribution in [0.15, 0.2) is 17.6 Å². The van der Waals surface area contributed by atoms with Crippen molar-refractivity contribution in [2.24, 2.45) is 12.8 Å². The van der Waals surface area contributed by atoms with Crippen molar-refractivity contribution < 1.29 is 0 Å². The molecule has 0 aliphatic rings. The van der Waals surface area contributed by atoms with Crippen LogP contribution in [0.2, 0.25) is 5.02 Å². The van der Waals surface area contributed by atoms with Gasteiger partial charge < -0.3 is 5.73 Å². The number of hydrogen-bond donors (Lipinski definition) is 1. The van der Waals surface area contributed by atoms with Gasteiger partial charge in [-0.25, -0.2) is 0 Å². The fourth-order valence-electron chi connectivity index (χ4n) is 1.17. The predicted molar refractivity (Wildman–Crippen MR) is 56.4 cm³/mol. The maximum Gasteiger partial charge on any atom is 0.105 e. The van der Waals surface area contributed by atoms with Crippen LogP contribution in [0.4, 0.5) is 0 Å². The molecular formula is C8H9ClN4S. The van der Waals surface area contributed by atoms with Crippen LogP contribution >= 0.6 is 22.9 Å². The maximum absolute atomic E-state index is 5.99. The summed E-state index contributed by atoms with van der Waals surface area (Å²) in [5, 5.41) is 10.4. The largest absolute Gasteiger partial charge is 0.318 e. The second kappa shape index (κ2) is 3.68. The van der Waals surface area contributed by atoms with Gasteiger partial charge in [-0.05, 0) is 11.4 Å². The van der Waals surface area contributed by atoms with E-state index in [4.69, 9.17) is 17.3 Å². The van der Waals surface area contributed by atoms with Gasteiger partial charge in [0.1, 0.15) is 5.69 Å². The quantitative estimate of drug-likeness (QED) is 0.849. The van der Waals surface area contributed by atoms with Crippen molar-refractivity contribution in [2.45, 2.75) is 6.04 Å². The number of nitrogens with zero attached hydrogens (tertiary/aromatic N) is 3. The lowest BCUT2D eigenvalue weighted by Gasteiger charge is -2.05. The average Bonchev–Trinajstić information content (AvgIpc) is 2.73. The Morgan fingerprint density at radius 1 is 1.64 bits per heavy atom. The van der Waals surface area contributed by atoms with Gasteiger partial charge in [-0.1, -0.05) is 16.8 Å². The summed E-state index contributed by atoms with van der Waals surface area (Å²) in [6.07, 6.45) is 1.79. The molecule has 0 saturated carbocycles. The van der Waals surface area contributed by atoms with E-state index in [1.54, 1.807) is 17.9 Å². The summed E-state index contributed by atoms with van der Waals surface area (Å²) in [5.74, 6) is 0. The van der Waals surface area contributed by atoms with Gasteiger partial charge in [0, 0.05) is 11.9 Å². The van der Waals surface area contributed by atoms with Crippen molar-refractivity contribution in [2.75, 3.05) is 0 Å². The van der Waals surface area contributed by atoms with Gasteiger partial charge in [0.25, 0.3) is 0 Å². The van der Waals surface area contributed by atoms with Crippen molar-refractivity contribution in [3.63, 3.8) is 0 Å². The molecule has 0 aliphatic heterocycles. The Bertz CT molecular complexity index is 436. The zero-order chi connectivity index (χ0) is 10.1. The maximum atomic E-state index is 5.99. The van der Waals surface area contributed by atoms with E-state index in [1.165, 1.54) is 11.3 Å². The molecule has 0 fully saturated rings. The lowest BCUT2D eigenvalue weighted by molar-refractivity contribution is 0.711. The normalized spacial score (nSPS) is 13.1. The van der Waals surface area contributed by atoms with E-state index in [0.29, 0.717) is 5.02 Å². The van der Waals surface area contributed by atoms with E-state index in [-0.39, 0.29) is 6.04 Å². The zero-order valence-corrected chi connectivity index (χ0v) is 9.09. The molecule has 2 aromatic rings. The van der Waals surface area contributed by atoms with E-state index in [1.807, 2.05) is 11.4 Å². The van der Waals surface area contributed by atoms with Gasteiger partial charge in [-0.15, -0.1) is 16.4 Å². The van der Waals surface area contributed by atoms with Crippen LogP contribution in [0.3, 0.4) is 0 Å². The minimum absolute atomic E-state index is 0.281. The molecule has 1 atom stereocenters. The summed E-state index contributed by atoms with van der Waals surface area (Å²) in [5.41, 5.74) is 6.72. The van der Waals surface area contributed by atoms with Crippen LogP contribution in [-0.2, 0) is 7.05 Å². The van der Waals surface area contributed by atoms with Crippen LogP contribution in [-0.4, -0.2) is 15.0 Å². The van der Waals surface area contributed by atoms with Crippen LogP contribution in [0.25, 0.3) is 0 Å². The van der Waals surface area contributed by atoms with E-state index in [9.17, 15) is 0 Å². The molecule has 4 nitrogen and oxygen atoms in total. The molecule has 2 rings (SSSR count). The van der Waals surface area contributed by atoms with Gasteiger partial charge >= 0.3 is 0 Å². The molecule has 2 N–H and O–H groups in total. The first kappa shape index (κ1) is 9.64. The molecule has 0 aromatic carbocycles. The molecule has 2 heterocycles. The Morgan fingerprint density at radius 3 is 2.93 bits per heavy atom. The molecule has 0 spiro atoms. The minimum Gasteiger partial charge on any atom is -0.318 e. The lowest BCUT2D eigenvalue weighted by Crippen LogP contribution is -2.11. The molecule has 74 valence electrons. The molecule has 2 aromatic heterocycles. The van der Waals surface area contributed by atoms with Crippen molar-refractivity contribution >= 4 is 22.9 Å². The predicted octanol–water partition coefficient (Wildman–Crippen LogP) is 1.58. The van der Waals surface area contributed by atoms with E-state index < -0.39 is 0 Å². The highest BCUT2D eigenvalue weighted by atomic mass is 35.5. The second-order valence-electron chi connectivity index (χ2n) is 2.93. The standard InChI is InChI=1S/C8H9ClN4S/c1-13-4-6(11-12-13)7(10)8-5(9)2-3-14-8/h2-4,7H,10H2,1H3. The summed E-state index contributed by atoms with van der Waals surface area (Å²) in [6, 6.07) is 1.55. The molecule has 0 aliphatic carbocycles. The number of halogens is 1. The van der Waals surface area contributed by atoms with Crippen molar-refractivity contribution in [3.8, 4) is 0 Å². The highest BCUT2D eigenvalue weighted by Crippen LogP contribution is 2.30. The van der Waals surface area contributed by atoms with Gasteiger partial charge in [-0.2, -0.15) is 0 Å². The Morgan fingerprint density at radius 2 is 2.43 bits per heavy atom. The highest BCUT2D eigenvalue weighted by molar-refractivity contribution is 7.10. The van der Waals surface area contributed by atoms with Crippen LogP contribution in [0.1, 0.15) is 16.6 Å². The van der Waals surface area contributed by atoms with Gasteiger partial charge in [-0.3, -0.25) is 4.68 Å². The molecule has 6 heteroatoms. The summed E-state index contributed by atoms with van der Waals surface area (Å²) >= 11 is 7.49. The third-order valence-electron chi connectivity index (χ3n) is 1.87. The number of aromatic nitrogens is 3. The Labute approximate surface area is 90.3 Å².